The van der Waals surface area contributed by atoms with Crippen LogP contribution in [0.15, 0.2) is 194 Å². The first-order valence-corrected chi connectivity index (χ1v) is 18.1. The van der Waals surface area contributed by atoms with E-state index in [0.29, 0.717) is 11.1 Å². The summed E-state index contributed by atoms with van der Waals surface area (Å²) in [5.41, 5.74) is 13.4. The molecule has 8 rings (SSSR count). The number of nitrogens with zero attached hydrogens (tertiary/aromatic N) is 2. The summed E-state index contributed by atoms with van der Waals surface area (Å²) in [6.45, 7) is 4.15. The van der Waals surface area contributed by atoms with Crippen LogP contribution in [0.4, 0.5) is 34.1 Å². The first-order chi connectivity index (χ1) is 26.4. The van der Waals surface area contributed by atoms with E-state index < -0.39 is 0 Å². The third-order valence-electron chi connectivity index (χ3n) is 9.75. The zero-order chi connectivity index (χ0) is 37.0. The van der Waals surface area contributed by atoms with Crippen molar-refractivity contribution in [1.82, 2.24) is 0 Å². The van der Waals surface area contributed by atoms with Crippen LogP contribution in [0.1, 0.15) is 11.1 Å². The monoisotopic (exact) mass is 700 g/mol. The maximum atomic E-state index is 11.6. The lowest BCUT2D eigenvalue weighted by molar-refractivity contribution is 0.469. The Hall–Kier alpha value is -7.04. The zero-order valence-corrected chi connectivity index (χ0v) is 30.3. The van der Waals surface area contributed by atoms with Gasteiger partial charge < -0.3 is 20.0 Å². The summed E-state index contributed by atoms with van der Waals surface area (Å²) in [4.78, 5) is 4.27. The van der Waals surface area contributed by atoms with Crippen LogP contribution >= 0.6 is 0 Å². The highest BCUT2D eigenvalue weighted by atomic mass is 16.3. The molecule has 4 heteroatoms. The predicted octanol–water partition coefficient (Wildman–Crippen LogP) is 13.7. The van der Waals surface area contributed by atoms with Gasteiger partial charge in [-0.25, -0.2) is 0 Å². The molecule has 0 aromatic heterocycles. The van der Waals surface area contributed by atoms with Gasteiger partial charge in [0.1, 0.15) is 11.5 Å². The molecule has 4 nitrogen and oxygen atoms in total. The lowest BCUT2D eigenvalue weighted by Crippen LogP contribution is -2.10. The van der Waals surface area contributed by atoms with Crippen molar-refractivity contribution in [2.45, 2.75) is 13.8 Å². The van der Waals surface area contributed by atoms with E-state index in [1.807, 2.05) is 72.8 Å². The minimum absolute atomic E-state index is 0.0705. The van der Waals surface area contributed by atoms with Gasteiger partial charge in [0, 0.05) is 57.4 Å². The first-order valence-electron chi connectivity index (χ1n) is 18.1. The maximum Gasteiger partial charge on any atom is 0.125 e. The van der Waals surface area contributed by atoms with Gasteiger partial charge in [-0.05, 0) is 120 Å². The highest BCUT2D eigenvalue weighted by molar-refractivity contribution is 5.86. The fraction of sp³-hybridized carbons (Fsp3) is 0.0400. The highest BCUT2D eigenvalue weighted by Crippen LogP contribution is 2.45. The van der Waals surface area contributed by atoms with Crippen molar-refractivity contribution in [2.75, 3.05) is 9.80 Å². The Morgan fingerprint density at radius 3 is 0.981 bits per heavy atom. The lowest BCUT2D eigenvalue weighted by Gasteiger charge is -2.27. The first kappa shape index (κ1) is 34.1. The minimum atomic E-state index is 0.0705. The standard InChI is InChI=1S/C50H40N2O2/c1-35-11-9-17-43(31-35)51(41-23-19-39(20-24-41)37-13-5-3-6-14-37)45-27-29-47(49(53)33-45)48-30-28-46(34-50(48)54)52(44-18-10-12-36(2)32-44)42-25-21-40(22-26-42)38-15-7-4-8-16-38/h3-34,53-54H,1-2H3. The van der Waals surface area contributed by atoms with Crippen LogP contribution in [0.2, 0.25) is 0 Å². The Morgan fingerprint density at radius 2 is 0.630 bits per heavy atom. The molecular weight excluding hydrogens is 661 g/mol. The van der Waals surface area contributed by atoms with Crippen molar-refractivity contribution in [2.24, 2.45) is 0 Å². The summed E-state index contributed by atoms with van der Waals surface area (Å²) in [5.74, 6) is 0.141. The summed E-state index contributed by atoms with van der Waals surface area (Å²) in [6, 6.07) is 65.5. The van der Waals surface area contributed by atoms with E-state index in [1.54, 1.807) is 12.1 Å². The molecule has 0 spiro atoms. The second-order valence-electron chi connectivity index (χ2n) is 13.6. The smallest absolute Gasteiger partial charge is 0.125 e. The SMILES string of the molecule is Cc1cccc(N(c2ccc(-c3ccccc3)cc2)c2ccc(-c3ccc(N(c4ccc(-c5ccccc5)cc4)c4cccc(C)c4)cc3O)c(O)c2)c1. The van der Waals surface area contributed by atoms with Gasteiger partial charge in [-0.15, -0.1) is 0 Å². The Bertz CT molecular complexity index is 2350. The molecule has 2 N–H and O–H groups in total. The lowest BCUT2D eigenvalue weighted by atomic mass is 10.0. The number of hydrogen-bond donors (Lipinski definition) is 2. The van der Waals surface area contributed by atoms with Gasteiger partial charge in [0.2, 0.25) is 0 Å². The minimum Gasteiger partial charge on any atom is -0.507 e. The van der Waals surface area contributed by atoms with Gasteiger partial charge in [-0.3, -0.25) is 0 Å². The van der Waals surface area contributed by atoms with Crippen molar-refractivity contribution in [3.05, 3.63) is 205 Å². The van der Waals surface area contributed by atoms with Crippen molar-refractivity contribution < 1.29 is 10.2 Å². The number of aromatic hydroxyl groups is 2. The molecule has 8 aromatic rings. The molecule has 0 bridgehead atoms. The highest BCUT2D eigenvalue weighted by Gasteiger charge is 2.19. The van der Waals surface area contributed by atoms with Gasteiger partial charge in [0.15, 0.2) is 0 Å². The number of anilines is 6. The normalized spacial score (nSPS) is 10.9. The quantitative estimate of drug-likeness (QED) is 0.157. The summed E-state index contributed by atoms with van der Waals surface area (Å²) < 4.78 is 0. The Balaban J connectivity index is 1.14. The van der Waals surface area contributed by atoms with Crippen LogP contribution in [-0.4, -0.2) is 10.2 Å². The average molecular weight is 701 g/mol. The van der Waals surface area contributed by atoms with Crippen molar-refractivity contribution in [3.63, 3.8) is 0 Å². The zero-order valence-electron chi connectivity index (χ0n) is 30.3. The Labute approximate surface area is 317 Å². The Kier molecular flexibility index (Phi) is 9.40. The number of benzene rings is 8. The van der Waals surface area contributed by atoms with Gasteiger partial charge in [0.25, 0.3) is 0 Å². The molecule has 0 aliphatic rings. The molecule has 0 heterocycles. The summed E-state index contributed by atoms with van der Waals surface area (Å²) in [6.07, 6.45) is 0. The predicted molar refractivity (Wildman–Crippen MR) is 225 cm³/mol. The van der Waals surface area contributed by atoms with E-state index in [0.717, 1.165) is 67.5 Å². The molecule has 8 aromatic carbocycles. The van der Waals surface area contributed by atoms with Crippen molar-refractivity contribution in [1.29, 1.82) is 0 Å². The number of aryl methyl sites for hydroxylation is 2. The molecule has 0 saturated heterocycles. The number of phenols is 2. The molecule has 0 amide bonds. The fourth-order valence-corrected chi connectivity index (χ4v) is 7.07. The molecule has 0 aliphatic carbocycles. The van der Waals surface area contributed by atoms with Crippen LogP contribution in [-0.2, 0) is 0 Å². The summed E-state index contributed by atoms with van der Waals surface area (Å²) in [5, 5.41) is 23.2. The largest absolute Gasteiger partial charge is 0.507 e. The molecule has 0 aliphatic heterocycles. The van der Waals surface area contributed by atoms with Crippen LogP contribution in [0.25, 0.3) is 33.4 Å². The van der Waals surface area contributed by atoms with E-state index in [4.69, 9.17) is 0 Å². The summed E-state index contributed by atoms with van der Waals surface area (Å²) in [7, 11) is 0. The van der Waals surface area contributed by atoms with Crippen LogP contribution in [0.5, 0.6) is 11.5 Å². The molecule has 0 saturated carbocycles. The molecule has 0 atom stereocenters. The average Bonchev–Trinajstić information content (AvgIpc) is 3.20. The van der Waals surface area contributed by atoms with E-state index in [1.165, 1.54) is 0 Å². The van der Waals surface area contributed by atoms with Gasteiger partial charge in [0.05, 0.1) is 0 Å². The van der Waals surface area contributed by atoms with Crippen molar-refractivity contribution >= 4 is 34.1 Å². The molecule has 0 unspecified atom stereocenters. The van der Waals surface area contributed by atoms with Gasteiger partial charge in [-0.1, -0.05) is 109 Å². The van der Waals surface area contributed by atoms with Crippen LogP contribution in [0.3, 0.4) is 0 Å². The number of rotatable bonds is 9. The van der Waals surface area contributed by atoms with E-state index >= 15 is 0 Å². The van der Waals surface area contributed by atoms with Gasteiger partial charge in [-0.2, -0.15) is 0 Å². The molecule has 54 heavy (non-hydrogen) atoms. The third-order valence-corrected chi connectivity index (χ3v) is 9.75. The number of hydrogen-bond acceptors (Lipinski definition) is 4. The topological polar surface area (TPSA) is 46.9 Å². The van der Waals surface area contributed by atoms with E-state index in [2.05, 4.69) is 133 Å². The van der Waals surface area contributed by atoms with E-state index in [9.17, 15) is 10.2 Å². The van der Waals surface area contributed by atoms with Crippen LogP contribution < -0.4 is 9.80 Å². The molecule has 0 radical (unpaired) electrons. The number of phenolic OH excluding ortho intramolecular Hbond substituents is 2. The van der Waals surface area contributed by atoms with Gasteiger partial charge >= 0.3 is 0 Å². The maximum absolute atomic E-state index is 11.6. The molecule has 0 fully saturated rings. The summed E-state index contributed by atoms with van der Waals surface area (Å²) >= 11 is 0. The third kappa shape index (κ3) is 7.06. The molecule has 262 valence electrons. The second-order valence-corrected chi connectivity index (χ2v) is 13.6. The van der Waals surface area contributed by atoms with Crippen LogP contribution in [0, 0.1) is 13.8 Å². The fourth-order valence-electron chi connectivity index (χ4n) is 7.07. The van der Waals surface area contributed by atoms with Crippen molar-refractivity contribution in [3.8, 4) is 44.9 Å². The van der Waals surface area contributed by atoms with E-state index in [-0.39, 0.29) is 11.5 Å². The Morgan fingerprint density at radius 1 is 0.296 bits per heavy atom. The molecular formula is C50H40N2O2. The second kappa shape index (κ2) is 14.9.